The van der Waals surface area contributed by atoms with Crippen LogP contribution in [0.1, 0.15) is 285 Å². The Morgan fingerprint density at radius 3 is 1.41 bits per heavy atom. The second-order valence-electron chi connectivity index (χ2n) is 22.2. The Morgan fingerprint density at radius 1 is 0.473 bits per heavy atom. The van der Waals surface area contributed by atoms with Crippen LogP contribution in [0.2, 0.25) is 0 Å². The summed E-state index contributed by atoms with van der Waals surface area (Å²) in [6.07, 6.45) is 42.8. The number of unbranched alkanes of at least 4 members (excludes halogenated alkanes) is 24. The summed E-state index contributed by atoms with van der Waals surface area (Å²) in [6.45, 7) is 16.2. The van der Waals surface area contributed by atoms with Crippen LogP contribution in [-0.4, -0.2) is 111 Å². The topological polar surface area (TPSA) is 112 Å². The molecule has 0 aliphatic carbocycles. The molecule has 0 spiro atoms. The van der Waals surface area contributed by atoms with Gasteiger partial charge in [0.2, 0.25) is 0 Å². The summed E-state index contributed by atoms with van der Waals surface area (Å²) in [5.41, 5.74) is 0. The molecular formula is C62H118N2O8S2. The molecule has 74 heavy (non-hydrogen) atoms. The van der Waals surface area contributed by atoms with E-state index >= 15 is 0 Å². The molecule has 1 saturated heterocycles. The molecule has 1 heterocycles. The van der Waals surface area contributed by atoms with Gasteiger partial charge in [-0.3, -0.25) is 19.2 Å². The van der Waals surface area contributed by atoms with Crippen molar-refractivity contribution in [1.82, 2.24) is 9.80 Å². The minimum Gasteiger partial charge on any atom is -0.466 e. The Kier molecular flexibility index (Phi) is 51.0. The van der Waals surface area contributed by atoms with Gasteiger partial charge >= 0.3 is 23.9 Å². The van der Waals surface area contributed by atoms with Gasteiger partial charge in [0.25, 0.3) is 0 Å². The lowest BCUT2D eigenvalue weighted by Gasteiger charge is -2.31. The van der Waals surface area contributed by atoms with Crippen molar-refractivity contribution < 1.29 is 38.1 Å². The first-order valence-electron chi connectivity index (χ1n) is 31.5. The van der Waals surface area contributed by atoms with Crippen LogP contribution in [0.3, 0.4) is 0 Å². The van der Waals surface area contributed by atoms with Crippen molar-refractivity contribution in [3.05, 3.63) is 0 Å². The second kappa shape index (κ2) is 53.5. The predicted octanol–water partition coefficient (Wildman–Crippen LogP) is 17.1. The SMILES string of the molecule is CCCCCCCCCOC(=O)CCCCCCCC(=O)OCCC1CCN(CCSSCCN(C)CCC(C)CCOC(=O)CCCCCCCC(=O)OC(CCCCCCCC)CCCCCCCC)CC1. The first-order chi connectivity index (χ1) is 36.2. The second-order valence-corrected chi connectivity index (χ2v) is 24.9. The average Bonchev–Trinajstić information content (AvgIpc) is 3.39. The number of nitrogens with zero attached hydrogens (tertiary/aromatic N) is 2. The molecule has 0 aromatic rings. The number of likely N-dealkylation sites (tertiary alicyclic amines) is 1. The van der Waals surface area contributed by atoms with Gasteiger partial charge in [0.05, 0.1) is 19.8 Å². The Labute approximate surface area is 464 Å². The highest BCUT2D eigenvalue weighted by molar-refractivity contribution is 8.76. The fourth-order valence-corrected chi connectivity index (χ4v) is 11.9. The zero-order chi connectivity index (χ0) is 53.8. The maximum absolute atomic E-state index is 12.7. The minimum atomic E-state index is -0.0784. The van der Waals surface area contributed by atoms with Crippen molar-refractivity contribution in [1.29, 1.82) is 0 Å². The van der Waals surface area contributed by atoms with Crippen molar-refractivity contribution in [3.8, 4) is 0 Å². The number of piperidine rings is 1. The summed E-state index contributed by atoms with van der Waals surface area (Å²) in [5.74, 6) is 3.21. The third kappa shape index (κ3) is 47.7. The zero-order valence-electron chi connectivity index (χ0n) is 49.1. The highest BCUT2D eigenvalue weighted by Crippen LogP contribution is 2.25. The van der Waals surface area contributed by atoms with Gasteiger partial charge in [0, 0.05) is 50.3 Å². The largest absolute Gasteiger partial charge is 0.466 e. The summed E-state index contributed by atoms with van der Waals surface area (Å²) in [6, 6.07) is 0. The molecule has 0 bridgehead atoms. The minimum absolute atomic E-state index is 0.0209. The van der Waals surface area contributed by atoms with Crippen molar-refractivity contribution in [2.24, 2.45) is 11.8 Å². The number of hydrogen-bond donors (Lipinski definition) is 0. The lowest BCUT2D eigenvalue weighted by molar-refractivity contribution is -0.150. The van der Waals surface area contributed by atoms with E-state index in [9.17, 15) is 19.2 Å². The van der Waals surface area contributed by atoms with Gasteiger partial charge in [-0.2, -0.15) is 0 Å². The van der Waals surface area contributed by atoms with E-state index in [-0.39, 0.29) is 30.0 Å². The van der Waals surface area contributed by atoms with Crippen LogP contribution in [0.15, 0.2) is 0 Å². The Balaban J connectivity index is 1.95. The Hall–Kier alpha value is -1.50. The molecule has 12 heteroatoms. The molecule has 1 aliphatic heterocycles. The van der Waals surface area contributed by atoms with Crippen molar-refractivity contribution in [2.75, 3.05) is 71.1 Å². The monoisotopic (exact) mass is 1080 g/mol. The lowest BCUT2D eigenvalue weighted by Crippen LogP contribution is -2.35. The summed E-state index contributed by atoms with van der Waals surface area (Å²) >= 11 is 0. The highest BCUT2D eigenvalue weighted by atomic mass is 33.1. The van der Waals surface area contributed by atoms with E-state index in [4.69, 9.17) is 18.9 Å². The van der Waals surface area contributed by atoms with Crippen LogP contribution in [0.4, 0.5) is 0 Å². The van der Waals surface area contributed by atoms with Crippen LogP contribution in [0, 0.1) is 11.8 Å². The van der Waals surface area contributed by atoms with E-state index in [2.05, 4.69) is 44.5 Å². The highest BCUT2D eigenvalue weighted by Gasteiger charge is 2.20. The van der Waals surface area contributed by atoms with Gasteiger partial charge in [-0.25, -0.2) is 0 Å². The Bertz CT molecular complexity index is 1270. The maximum atomic E-state index is 12.7. The van der Waals surface area contributed by atoms with Gasteiger partial charge in [0.1, 0.15) is 6.10 Å². The molecule has 0 N–H and O–H groups in total. The summed E-state index contributed by atoms with van der Waals surface area (Å²) < 4.78 is 22.6. The summed E-state index contributed by atoms with van der Waals surface area (Å²) in [7, 11) is 6.18. The third-order valence-corrected chi connectivity index (χ3v) is 17.5. The molecular weight excluding hydrogens is 965 g/mol. The number of hydrogen-bond acceptors (Lipinski definition) is 12. The fourth-order valence-electron chi connectivity index (χ4n) is 9.80. The van der Waals surface area contributed by atoms with E-state index in [0.29, 0.717) is 57.3 Å². The van der Waals surface area contributed by atoms with Crippen LogP contribution in [-0.2, 0) is 38.1 Å². The number of carbonyl (C=O) groups is 4. The number of rotatable bonds is 55. The molecule has 436 valence electrons. The van der Waals surface area contributed by atoms with E-state index in [1.807, 2.05) is 21.6 Å². The van der Waals surface area contributed by atoms with Gasteiger partial charge in [-0.1, -0.05) is 191 Å². The summed E-state index contributed by atoms with van der Waals surface area (Å²) in [4.78, 5) is 54.4. The lowest BCUT2D eigenvalue weighted by atomic mass is 9.94. The third-order valence-electron chi connectivity index (χ3n) is 15.1. The van der Waals surface area contributed by atoms with Crippen LogP contribution < -0.4 is 0 Å². The van der Waals surface area contributed by atoms with Gasteiger partial charge < -0.3 is 28.7 Å². The molecule has 0 radical (unpaired) electrons. The summed E-state index contributed by atoms with van der Waals surface area (Å²) in [5, 5.41) is 0. The predicted molar refractivity (Wildman–Crippen MR) is 316 cm³/mol. The standard InChI is InChI=1S/C62H118N2O8S2/c1-6-9-12-15-18-27-34-51-69-59(65)37-30-23-19-24-32-39-61(67)71-53-45-57-42-47-64(48-43-57)50-55-74-73-54-49-63(5)46-41-56(4)44-52-70-60(66)38-31-25-20-26-33-40-62(68)72-58(35-28-21-16-13-10-7-2)36-29-22-17-14-11-8-3/h56-58H,6-55H2,1-5H3. The average molecular weight is 1080 g/mol. The molecule has 0 amide bonds. The first-order valence-corrected chi connectivity index (χ1v) is 34.0. The molecule has 0 saturated carbocycles. The quantitative estimate of drug-likeness (QED) is 0.0250. The molecule has 1 unspecified atom stereocenters. The fraction of sp³-hybridized carbons (Fsp3) is 0.935. The zero-order valence-corrected chi connectivity index (χ0v) is 50.7. The van der Waals surface area contributed by atoms with E-state index in [1.165, 1.54) is 109 Å². The molecule has 0 aromatic carbocycles. The van der Waals surface area contributed by atoms with Crippen molar-refractivity contribution in [3.63, 3.8) is 0 Å². The van der Waals surface area contributed by atoms with Crippen molar-refractivity contribution in [2.45, 2.75) is 291 Å². The smallest absolute Gasteiger partial charge is 0.306 e. The van der Waals surface area contributed by atoms with Gasteiger partial charge in [-0.05, 0) is 128 Å². The first kappa shape index (κ1) is 70.5. The van der Waals surface area contributed by atoms with Crippen LogP contribution in [0.25, 0.3) is 0 Å². The molecule has 0 aromatic heterocycles. The van der Waals surface area contributed by atoms with Crippen LogP contribution in [0.5, 0.6) is 0 Å². The number of esters is 4. The van der Waals surface area contributed by atoms with Gasteiger partial charge in [-0.15, -0.1) is 0 Å². The molecule has 1 atom stereocenters. The van der Waals surface area contributed by atoms with E-state index in [1.54, 1.807) is 0 Å². The number of ether oxygens (including phenoxy) is 4. The van der Waals surface area contributed by atoms with E-state index in [0.717, 1.165) is 166 Å². The maximum Gasteiger partial charge on any atom is 0.306 e. The molecule has 1 fully saturated rings. The molecule has 1 aliphatic rings. The molecule has 1 rings (SSSR count). The normalized spacial score (nSPS) is 13.7. The van der Waals surface area contributed by atoms with Crippen LogP contribution >= 0.6 is 21.6 Å². The number of carbonyl (C=O) groups excluding carboxylic acids is 4. The van der Waals surface area contributed by atoms with E-state index < -0.39 is 0 Å². The Morgan fingerprint density at radius 2 is 0.892 bits per heavy atom. The van der Waals surface area contributed by atoms with Crippen molar-refractivity contribution >= 4 is 45.5 Å². The molecule has 10 nitrogen and oxygen atoms in total. The van der Waals surface area contributed by atoms with Gasteiger partial charge in [0.15, 0.2) is 0 Å².